The Kier molecular flexibility index (Phi) is 4.13. The summed E-state index contributed by atoms with van der Waals surface area (Å²) in [6, 6.07) is 6.15. The molecular weight excluding hydrogens is 238 g/mol. The van der Waals surface area contributed by atoms with Crippen LogP contribution in [0.2, 0.25) is 0 Å². The van der Waals surface area contributed by atoms with Crippen molar-refractivity contribution in [2.24, 2.45) is 0 Å². The van der Waals surface area contributed by atoms with Crippen LogP contribution in [0.15, 0.2) is 18.2 Å². The molecule has 2 rings (SSSR count). The molecule has 1 aromatic rings. The van der Waals surface area contributed by atoms with Crippen molar-refractivity contribution in [3.8, 4) is 5.75 Å². The van der Waals surface area contributed by atoms with Crippen LogP contribution in [0.4, 0.5) is 0 Å². The van der Waals surface area contributed by atoms with Crippen LogP contribution < -0.4 is 10.1 Å². The normalized spacial score (nSPS) is 14.1. The van der Waals surface area contributed by atoms with Crippen molar-refractivity contribution < 1.29 is 9.53 Å². The lowest BCUT2D eigenvalue weighted by Gasteiger charge is -2.24. The highest BCUT2D eigenvalue weighted by Crippen LogP contribution is 2.25. The number of aryl methyl sites for hydroxylation is 2. The van der Waals surface area contributed by atoms with Gasteiger partial charge in [0.2, 0.25) is 0 Å². The van der Waals surface area contributed by atoms with Gasteiger partial charge in [0.05, 0.1) is 0 Å². The first kappa shape index (κ1) is 13.9. The minimum atomic E-state index is -0.168. The van der Waals surface area contributed by atoms with Gasteiger partial charge in [0.1, 0.15) is 5.75 Å². The second kappa shape index (κ2) is 5.64. The van der Waals surface area contributed by atoms with Gasteiger partial charge in [-0.2, -0.15) is 0 Å². The van der Waals surface area contributed by atoms with E-state index in [1.54, 1.807) is 0 Å². The van der Waals surface area contributed by atoms with Gasteiger partial charge >= 0.3 is 0 Å². The van der Waals surface area contributed by atoms with Gasteiger partial charge in [0.25, 0.3) is 5.91 Å². The molecule has 1 aromatic carbocycles. The Bertz CT molecular complexity index is 466. The van der Waals surface area contributed by atoms with Gasteiger partial charge in [-0.3, -0.25) is 4.79 Å². The molecule has 0 unspecified atom stereocenters. The predicted octanol–water partition coefficient (Wildman–Crippen LogP) is 2.86. The van der Waals surface area contributed by atoms with Gasteiger partial charge in [0, 0.05) is 5.54 Å². The van der Waals surface area contributed by atoms with Gasteiger partial charge in [-0.15, -0.1) is 0 Å². The lowest BCUT2D eigenvalue weighted by atomic mass is 10.0. The Morgan fingerprint density at radius 2 is 2.05 bits per heavy atom. The highest BCUT2D eigenvalue weighted by Gasteiger charge is 2.18. The van der Waals surface area contributed by atoms with Gasteiger partial charge < -0.3 is 10.1 Å². The van der Waals surface area contributed by atoms with Gasteiger partial charge in [-0.05, 0) is 62.8 Å². The van der Waals surface area contributed by atoms with E-state index in [-0.39, 0.29) is 18.1 Å². The topological polar surface area (TPSA) is 38.3 Å². The molecule has 19 heavy (non-hydrogen) atoms. The fourth-order valence-electron chi connectivity index (χ4n) is 2.29. The zero-order chi connectivity index (χ0) is 13.9. The number of hydrogen-bond acceptors (Lipinski definition) is 2. The summed E-state index contributed by atoms with van der Waals surface area (Å²) < 4.78 is 5.57. The number of carbonyl (C=O) groups is 1. The van der Waals surface area contributed by atoms with Crippen LogP contribution in [0.5, 0.6) is 5.75 Å². The number of benzene rings is 1. The van der Waals surface area contributed by atoms with E-state index in [1.807, 2.05) is 19.9 Å². The van der Waals surface area contributed by atoms with Crippen LogP contribution in [0.25, 0.3) is 0 Å². The summed E-state index contributed by atoms with van der Waals surface area (Å²) in [6.45, 7) is 6.17. The maximum absolute atomic E-state index is 11.8. The number of hydrogen-bond donors (Lipinski definition) is 1. The van der Waals surface area contributed by atoms with Crippen molar-refractivity contribution in [2.45, 2.75) is 52.0 Å². The molecule has 1 amide bonds. The van der Waals surface area contributed by atoms with E-state index in [9.17, 15) is 4.79 Å². The quantitative estimate of drug-likeness (QED) is 0.885. The summed E-state index contributed by atoms with van der Waals surface area (Å²) >= 11 is 0. The molecule has 0 heterocycles. The van der Waals surface area contributed by atoms with E-state index < -0.39 is 0 Å². The maximum Gasteiger partial charge on any atom is 0.258 e. The van der Waals surface area contributed by atoms with E-state index in [1.165, 1.54) is 24.0 Å². The fraction of sp³-hybridized carbons (Fsp3) is 0.562. The van der Waals surface area contributed by atoms with Gasteiger partial charge in [-0.1, -0.05) is 13.0 Å². The van der Waals surface area contributed by atoms with E-state index in [4.69, 9.17) is 4.74 Å². The Labute approximate surface area is 115 Å². The molecule has 3 nitrogen and oxygen atoms in total. The van der Waals surface area contributed by atoms with Crippen LogP contribution in [0.3, 0.4) is 0 Å². The molecule has 1 N–H and O–H groups in total. The average Bonchev–Trinajstić information content (AvgIpc) is 2.83. The van der Waals surface area contributed by atoms with Gasteiger partial charge in [0.15, 0.2) is 6.61 Å². The smallest absolute Gasteiger partial charge is 0.258 e. The lowest BCUT2D eigenvalue weighted by Crippen LogP contribution is -2.44. The van der Waals surface area contributed by atoms with Crippen molar-refractivity contribution in [2.75, 3.05) is 6.61 Å². The van der Waals surface area contributed by atoms with E-state index in [0.717, 1.165) is 18.6 Å². The Hall–Kier alpha value is -1.51. The highest BCUT2D eigenvalue weighted by atomic mass is 16.5. The third-order valence-electron chi connectivity index (χ3n) is 3.80. The largest absolute Gasteiger partial charge is 0.484 e. The molecule has 104 valence electrons. The molecule has 0 aromatic heterocycles. The minimum absolute atomic E-state index is 0.0626. The third kappa shape index (κ3) is 3.72. The molecule has 0 fully saturated rings. The van der Waals surface area contributed by atoms with Crippen molar-refractivity contribution >= 4 is 5.91 Å². The SMILES string of the molecule is CCC(C)(C)NC(=O)COc1ccc2c(c1)CCC2. The molecule has 1 aliphatic carbocycles. The summed E-state index contributed by atoms with van der Waals surface area (Å²) in [7, 11) is 0. The van der Waals surface area contributed by atoms with Crippen molar-refractivity contribution in [1.82, 2.24) is 5.32 Å². The van der Waals surface area contributed by atoms with Crippen LogP contribution >= 0.6 is 0 Å². The second-order valence-electron chi connectivity index (χ2n) is 5.86. The molecule has 0 atom stereocenters. The zero-order valence-corrected chi connectivity index (χ0v) is 12.1. The minimum Gasteiger partial charge on any atom is -0.484 e. The van der Waals surface area contributed by atoms with Gasteiger partial charge in [-0.25, -0.2) is 0 Å². The Morgan fingerprint density at radius 3 is 2.79 bits per heavy atom. The number of carbonyl (C=O) groups excluding carboxylic acids is 1. The fourth-order valence-corrected chi connectivity index (χ4v) is 2.29. The third-order valence-corrected chi connectivity index (χ3v) is 3.80. The molecule has 1 aliphatic rings. The monoisotopic (exact) mass is 261 g/mol. The summed E-state index contributed by atoms with van der Waals surface area (Å²) in [5.74, 6) is 0.734. The van der Waals surface area contributed by atoms with Crippen LogP contribution in [-0.4, -0.2) is 18.1 Å². The molecule has 0 radical (unpaired) electrons. The molecule has 0 spiro atoms. The first-order valence-corrected chi connectivity index (χ1v) is 7.06. The van der Waals surface area contributed by atoms with Crippen molar-refractivity contribution in [3.63, 3.8) is 0 Å². The number of nitrogens with one attached hydrogen (secondary N) is 1. The average molecular weight is 261 g/mol. The maximum atomic E-state index is 11.8. The summed E-state index contributed by atoms with van der Waals surface area (Å²) in [6.07, 6.45) is 4.42. The van der Waals surface area contributed by atoms with E-state index in [2.05, 4.69) is 24.4 Å². The molecule has 0 aliphatic heterocycles. The standard InChI is InChI=1S/C16H23NO2/c1-4-16(2,3)17-15(18)11-19-14-9-8-12-6-5-7-13(12)10-14/h8-10H,4-7,11H2,1-3H3,(H,17,18). The molecule has 0 saturated heterocycles. The van der Waals surface area contributed by atoms with Crippen molar-refractivity contribution in [1.29, 1.82) is 0 Å². The first-order valence-electron chi connectivity index (χ1n) is 7.06. The lowest BCUT2D eigenvalue weighted by molar-refractivity contribution is -0.124. The summed E-state index contributed by atoms with van der Waals surface area (Å²) in [4.78, 5) is 11.8. The second-order valence-corrected chi connectivity index (χ2v) is 5.86. The number of amides is 1. The van der Waals surface area contributed by atoms with E-state index >= 15 is 0 Å². The summed E-state index contributed by atoms with van der Waals surface area (Å²) in [5.41, 5.74) is 2.62. The Morgan fingerprint density at radius 1 is 1.32 bits per heavy atom. The van der Waals surface area contributed by atoms with Crippen LogP contribution in [0, 0.1) is 0 Å². The number of ether oxygens (including phenoxy) is 1. The number of rotatable bonds is 5. The summed E-state index contributed by atoms with van der Waals surface area (Å²) in [5, 5.41) is 2.96. The van der Waals surface area contributed by atoms with E-state index in [0.29, 0.717) is 0 Å². The zero-order valence-electron chi connectivity index (χ0n) is 12.1. The molecule has 0 bridgehead atoms. The molecule has 0 saturated carbocycles. The van der Waals surface area contributed by atoms with Crippen molar-refractivity contribution in [3.05, 3.63) is 29.3 Å². The highest BCUT2D eigenvalue weighted by molar-refractivity contribution is 5.78. The Balaban J connectivity index is 1.87. The molecule has 3 heteroatoms. The predicted molar refractivity (Wildman–Crippen MR) is 76.5 cm³/mol. The van der Waals surface area contributed by atoms with Crippen LogP contribution in [-0.2, 0) is 17.6 Å². The van der Waals surface area contributed by atoms with Crippen LogP contribution in [0.1, 0.15) is 44.7 Å². The first-order chi connectivity index (χ1) is 9.00. The number of fused-ring (bicyclic) bond motifs is 1. The molecular formula is C16H23NO2.